The van der Waals surface area contributed by atoms with E-state index in [-0.39, 0.29) is 10.5 Å². The Morgan fingerprint density at radius 3 is 2.21 bits per heavy atom. The molecule has 0 spiro atoms. The summed E-state index contributed by atoms with van der Waals surface area (Å²) in [5.41, 5.74) is -4.31. The van der Waals surface area contributed by atoms with Gasteiger partial charge in [0.25, 0.3) is 6.43 Å². The highest BCUT2D eigenvalue weighted by atomic mass is 32.2. The van der Waals surface area contributed by atoms with Crippen molar-refractivity contribution in [1.82, 2.24) is 4.98 Å². The summed E-state index contributed by atoms with van der Waals surface area (Å²) in [7, 11) is 0. The van der Waals surface area contributed by atoms with E-state index in [1.807, 2.05) is 0 Å². The molecular formula is C10H8F5NO2S. The van der Waals surface area contributed by atoms with Gasteiger partial charge in [-0.15, -0.1) is 11.8 Å². The van der Waals surface area contributed by atoms with Crippen molar-refractivity contribution in [2.45, 2.75) is 24.4 Å². The fraction of sp³-hybridized carbons (Fsp3) is 0.400. The molecule has 1 aromatic rings. The largest absolute Gasteiger partial charge is 0.478 e. The summed E-state index contributed by atoms with van der Waals surface area (Å²) < 4.78 is 63.5. The highest BCUT2D eigenvalue weighted by Crippen LogP contribution is 2.39. The fourth-order valence-electron chi connectivity index (χ4n) is 1.58. The molecule has 3 nitrogen and oxygen atoms in total. The van der Waals surface area contributed by atoms with Gasteiger partial charge in [0.05, 0.1) is 5.56 Å². The van der Waals surface area contributed by atoms with Crippen molar-refractivity contribution in [2.75, 3.05) is 6.26 Å². The van der Waals surface area contributed by atoms with Crippen molar-refractivity contribution in [1.29, 1.82) is 0 Å². The van der Waals surface area contributed by atoms with Gasteiger partial charge in [0.1, 0.15) is 5.69 Å². The van der Waals surface area contributed by atoms with Gasteiger partial charge < -0.3 is 5.11 Å². The van der Waals surface area contributed by atoms with E-state index in [9.17, 15) is 26.7 Å². The van der Waals surface area contributed by atoms with Crippen LogP contribution in [0.3, 0.4) is 0 Å². The topological polar surface area (TPSA) is 50.2 Å². The molecule has 1 heterocycles. The third-order valence-electron chi connectivity index (χ3n) is 2.31. The molecule has 0 aromatic carbocycles. The Labute approximate surface area is 108 Å². The SMILES string of the molecule is CSc1c(C(F)F)nc(C(F)(F)F)c(C(=O)O)c1C. The standard InChI is InChI=1S/C10H8F5NO2S/c1-3-4(9(17)18)7(10(13,14)15)16-5(8(11)12)6(3)19-2/h8H,1-2H3,(H,17,18). The van der Waals surface area contributed by atoms with Gasteiger partial charge >= 0.3 is 12.1 Å². The predicted octanol–water partition coefficient (Wildman–Crippen LogP) is 3.77. The molecule has 0 unspecified atom stereocenters. The molecule has 1 aromatic heterocycles. The molecule has 0 aliphatic rings. The Morgan fingerprint density at radius 1 is 1.37 bits per heavy atom. The van der Waals surface area contributed by atoms with Crippen LogP contribution < -0.4 is 0 Å². The minimum absolute atomic E-state index is 0.250. The van der Waals surface area contributed by atoms with E-state index in [1.165, 1.54) is 6.26 Å². The van der Waals surface area contributed by atoms with E-state index in [0.717, 1.165) is 18.7 Å². The Kier molecular flexibility index (Phi) is 4.39. The number of hydrogen-bond donors (Lipinski definition) is 1. The quantitative estimate of drug-likeness (QED) is 0.682. The number of carbonyl (C=O) groups is 1. The highest BCUT2D eigenvalue weighted by Gasteiger charge is 2.40. The lowest BCUT2D eigenvalue weighted by Gasteiger charge is -2.17. The number of thioether (sulfide) groups is 1. The first kappa shape index (κ1) is 15.7. The van der Waals surface area contributed by atoms with Crippen LogP contribution in [-0.4, -0.2) is 22.3 Å². The van der Waals surface area contributed by atoms with Crippen LogP contribution in [0.5, 0.6) is 0 Å². The van der Waals surface area contributed by atoms with E-state index in [1.54, 1.807) is 0 Å². The van der Waals surface area contributed by atoms with E-state index in [2.05, 4.69) is 4.98 Å². The van der Waals surface area contributed by atoms with Crippen LogP contribution in [0.15, 0.2) is 4.90 Å². The first-order valence-electron chi connectivity index (χ1n) is 4.78. The van der Waals surface area contributed by atoms with Gasteiger partial charge in [-0.3, -0.25) is 0 Å². The Morgan fingerprint density at radius 2 is 1.89 bits per heavy atom. The molecule has 9 heteroatoms. The molecule has 0 fully saturated rings. The molecule has 19 heavy (non-hydrogen) atoms. The smallest absolute Gasteiger partial charge is 0.434 e. The highest BCUT2D eigenvalue weighted by molar-refractivity contribution is 7.98. The summed E-state index contributed by atoms with van der Waals surface area (Å²) >= 11 is 0.728. The maximum Gasteiger partial charge on any atom is 0.434 e. The van der Waals surface area contributed by atoms with Crippen molar-refractivity contribution in [3.05, 3.63) is 22.5 Å². The molecule has 0 aliphatic carbocycles. The van der Waals surface area contributed by atoms with Gasteiger partial charge in [-0.1, -0.05) is 0 Å². The van der Waals surface area contributed by atoms with Crippen LogP contribution in [0.2, 0.25) is 0 Å². The fourth-order valence-corrected chi connectivity index (χ4v) is 2.33. The number of pyridine rings is 1. The number of nitrogens with zero attached hydrogens (tertiary/aromatic N) is 1. The van der Waals surface area contributed by atoms with Crippen LogP contribution in [0.4, 0.5) is 22.0 Å². The van der Waals surface area contributed by atoms with Gasteiger partial charge in [0.15, 0.2) is 5.69 Å². The Hall–Kier alpha value is -1.38. The van der Waals surface area contributed by atoms with Crippen molar-refractivity contribution in [2.24, 2.45) is 0 Å². The second-order valence-corrected chi connectivity index (χ2v) is 4.30. The summed E-state index contributed by atoms with van der Waals surface area (Å²) in [6.45, 7) is 1.05. The monoisotopic (exact) mass is 301 g/mol. The number of hydrogen-bond acceptors (Lipinski definition) is 3. The minimum atomic E-state index is -5.11. The molecule has 0 saturated carbocycles. The van der Waals surface area contributed by atoms with Gasteiger partial charge in [-0.25, -0.2) is 18.6 Å². The first-order chi connectivity index (χ1) is 8.61. The molecule has 0 aliphatic heterocycles. The van der Waals surface area contributed by atoms with E-state index < -0.39 is 35.5 Å². The maximum atomic E-state index is 12.7. The third-order valence-corrected chi connectivity index (χ3v) is 3.23. The molecule has 0 radical (unpaired) electrons. The zero-order valence-electron chi connectivity index (χ0n) is 9.68. The van der Waals surface area contributed by atoms with Gasteiger partial charge in [0, 0.05) is 4.90 Å². The first-order valence-corrected chi connectivity index (χ1v) is 6.00. The maximum absolute atomic E-state index is 12.7. The molecular weight excluding hydrogens is 293 g/mol. The van der Waals surface area contributed by atoms with Crippen molar-refractivity contribution in [3.63, 3.8) is 0 Å². The normalized spacial score (nSPS) is 12.0. The molecule has 0 bridgehead atoms. The van der Waals surface area contributed by atoms with Crippen LogP contribution in [0.25, 0.3) is 0 Å². The van der Waals surface area contributed by atoms with Crippen LogP contribution >= 0.6 is 11.8 Å². The molecule has 0 amide bonds. The number of carboxylic acid groups (broad SMARTS) is 1. The second-order valence-electron chi connectivity index (χ2n) is 3.48. The van der Waals surface area contributed by atoms with E-state index in [0.29, 0.717) is 0 Å². The summed E-state index contributed by atoms with van der Waals surface area (Å²) in [6.07, 6.45) is -6.97. The Balaban J connectivity index is 3.77. The average molecular weight is 301 g/mol. The molecule has 0 atom stereocenters. The Bertz CT molecular complexity index is 516. The summed E-state index contributed by atoms with van der Waals surface area (Å²) in [5, 5.41) is 8.82. The van der Waals surface area contributed by atoms with Gasteiger partial charge in [-0.05, 0) is 18.7 Å². The average Bonchev–Trinajstić information content (AvgIpc) is 2.25. The van der Waals surface area contributed by atoms with Crippen LogP contribution in [-0.2, 0) is 6.18 Å². The molecule has 1 rings (SSSR count). The summed E-state index contributed by atoms with van der Waals surface area (Å²) in [4.78, 5) is 13.5. The van der Waals surface area contributed by atoms with Gasteiger partial charge in [0.2, 0.25) is 0 Å². The third kappa shape index (κ3) is 2.96. The minimum Gasteiger partial charge on any atom is -0.478 e. The molecule has 106 valence electrons. The number of rotatable bonds is 3. The lowest BCUT2D eigenvalue weighted by Crippen LogP contribution is -2.19. The molecule has 0 saturated heterocycles. The zero-order valence-corrected chi connectivity index (χ0v) is 10.5. The van der Waals surface area contributed by atoms with Crippen molar-refractivity contribution in [3.8, 4) is 0 Å². The summed E-state index contributed by atoms with van der Waals surface area (Å²) in [5.74, 6) is -1.85. The van der Waals surface area contributed by atoms with Crippen molar-refractivity contribution < 1.29 is 31.9 Å². The van der Waals surface area contributed by atoms with E-state index >= 15 is 0 Å². The zero-order chi connectivity index (χ0) is 15.0. The molecule has 1 N–H and O–H groups in total. The lowest BCUT2D eigenvalue weighted by atomic mass is 10.1. The van der Waals surface area contributed by atoms with Gasteiger partial charge in [-0.2, -0.15) is 13.2 Å². The van der Waals surface area contributed by atoms with Crippen LogP contribution in [0, 0.1) is 6.92 Å². The number of carboxylic acids is 1. The second kappa shape index (κ2) is 5.32. The lowest BCUT2D eigenvalue weighted by molar-refractivity contribution is -0.142. The predicted molar refractivity (Wildman–Crippen MR) is 57.7 cm³/mol. The number of alkyl halides is 5. The van der Waals surface area contributed by atoms with Crippen LogP contribution in [0.1, 0.15) is 33.7 Å². The summed E-state index contributed by atoms with van der Waals surface area (Å²) in [6, 6.07) is 0. The number of aromatic nitrogens is 1. The number of halogens is 5. The van der Waals surface area contributed by atoms with Crippen molar-refractivity contribution >= 4 is 17.7 Å². The number of aromatic carboxylic acids is 1. The van der Waals surface area contributed by atoms with E-state index in [4.69, 9.17) is 5.11 Å².